The molecule has 1 aliphatic heterocycles. The maximum Gasteiger partial charge on any atom is 0.389 e. The van der Waals surface area contributed by atoms with Gasteiger partial charge in [-0.1, -0.05) is 17.7 Å². The van der Waals surface area contributed by atoms with Gasteiger partial charge in [-0.3, -0.25) is 4.90 Å². The Morgan fingerprint density at radius 1 is 1.27 bits per heavy atom. The monoisotopic (exact) mass is 358 g/mol. The lowest BCUT2D eigenvalue weighted by molar-refractivity contribution is -0.138. The van der Waals surface area contributed by atoms with Gasteiger partial charge in [-0.05, 0) is 24.1 Å². The van der Waals surface area contributed by atoms with E-state index in [2.05, 4.69) is 5.32 Å². The summed E-state index contributed by atoms with van der Waals surface area (Å²) in [6, 6.07) is 4.29. The molecule has 3 nitrogen and oxygen atoms in total. The number of phenols is 1. The number of nitrogens with one attached hydrogen (secondary N) is 1. The Kier molecular flexibility index (Phi) is 7.25. The van der Waals surface area contributed by atoms with Crippen molar-refractivity contribution in [1.82, 2.24) is 10.2 Å². The third-order valence-electron chi connectivity index (χ3n) is 3.65. The Labute approximate surface area is 138 Å². The molecule has 2 N–H and O–H groups in total. The number of halogens is 5. The fourth-order valence-electron chi connectivity index (χ4n) is 2.58. The Morgan fingerprint density at radius 3 is 2.45 bits per heavy atom. The number of rotatable bonds is 4. The van der Waals surface area contributed by atoms with E-state index in [1.165, 1.54) is 6.07 Å². The molecule has 2 rings (SSSR count). The molecule has 0 aliphatic carbocycles. The van der Waals surface area contributed by atoms with E-state index in [9.17, 15) is 18.3 Å². The third-order valence-corrected chi connectivity index (χ3v) is 3.95. The van der Waals surface area contributed by atoms with E-state index in [0.29, 0.717) is 18.7 Å². The summed E-state index contributed by atoms with van der Waals surface area (Å²) < 4.78 is 37.6. The van der Waals surface area contributed by atoms with E-state index in [4.69, 9.17) is 11.6 Å². The zero-order valence-corrected chi connectivity index (χ0v) is 13.4. The van der Waals surface area contributed by atoms with Crippen LogP contribution in [0.1, 0.15) is 24.4 Å². The van der Waals surface area contributed by atoms with Crippen molar-refractivity contribution in [3.05, 3.63) is 28.8 Å². The lowest BCUT2D eigenvalue weighted by atomic mass is 9.99. The Morgan fingerprint density at radius 2 is 1.91 bits per heavy atom. The number of hydrogen-bond donors (Lipinski definition) is 2. The summed E-state index contributed by atoms with van der Waals surface area (Å²) in [5.74, 6) is -0.0599. The molecule has 1 aliphatic rings. The molecular weight excluding hydrogens is 340 g/mol. The minimum absolute atomic E-state index is 0. The molecule has 126 valence electrons. The first kappa shape index (κ1) is 19.4. The summed E-state index contributed by atoms with van der Waals surface area (Å²) in [7, 11) is 0. The minimum atomic E-state index is -4.17. The highest BCUT2D eigenvalue weighted by molar-refractivity contribution is 6.32. The van der Waals surface area contributed by atoms with Gasteiger partial charge in [0, 0.05) is 38.6 Å². The van der Waals surface area contributed by atoms with Crippen LogP contribution in [0.2, 0.25) is 5.02 Å². The summed E-state index contributed by atoms with van der Waals surface area (Å²) in [6.45, 7) is 2.91. The molecule has 0 unspecified atom stereocenters. The van der Waals surface area contributed by atoms with Crippen molar-refractivity contribution in [3.63, 3.8) is 0 Å². The van der Waals surface area contributed by atoms with Gasteiger partial charge in [0.1, 0.15) is 5.75 Å². The highest BCUT2D eigenvalue weighted by Gasteiger charge is 2.31. The van der Waals surface area contributed by atoms with Crippen LogP contribution in [0, 0.1) is 0 Å². The van der Waals surface area contributed by atoms with Crippen LogP contribution < -0.4 is 5.32 Å². The quantitative estimate of drug-likeness (QED) is 0.860. The van der Waals surface area contributed by atoms with Gasteiger partial charge in [-0.15, -0.1) is 12.4 Å². The Hall–Kier alpha value is -0.690. The van der Waals surface area contributed by atoms with Gasteiger partial charge in [0.2, 0.25) is 0 Å². The van der Waals surface area contributed by atoms with E-state index >= 15 is 0 Å². The fraction of sp³-hybridized carbons (Fsp3) is 0.571. The zero-order valence-electron chi connectivity index (χ0n) is 11.9. The maximum atomic E-state index is 12.5. The van der Waals surface area contributed by atoms with Crippen LogP contribution in [0.4, 0.5) is 13.2 Å². The van der Waals surface area contributed by atoms with E-state index < -0.39 is 12.6 Å². The number of benzene rings is 1. The second kappa shape index (κ2) is 8.24. The number of nitrogens with zero attached hydrogens (tertiary/aromatic N) is 1. The second-order valence-electron chi connectivity index (χ2n) is 5.17. The molecule has 1 atom stereocenters. The van der Waals surface area contributed by atoms with Gasteiger partial charge in [0.25, 0.3) is 0 Å². The molecule has 1 fully saturated rings. The van der Waals surface area contributed by atoms with E-state index in [0.717, 1.165) is 13.1 Å². The van der Waals surface area contributed by atoms with Crippen LogP contribution in [-0.2, 0) is 0 Å². The fourth-order valence-corrected chi connectivity index (χ4v) is 2.77. The standard InChI is InChI=1S/C14H18ClF3N2O.ClH/c15-11-9-10(1-2-13(11)21)12(3-4-14(16,17)18)20-7-5-19-6-8-20;/h1-2,9,12,19,21H,3-8H2;1H/t12-;/m0./s1. The van der Waals surface area contributed by atoms with Crippen molar-refractivity contribution in [2.24, 2.45) is 0 Å². The van der Waals surface area contributed by atoms with Gasteiger partial charge in [0.05, 0.1) is 5.02 Å². The van der Waals surface area contributed by atoms with Crippen LogP contribution in [-0.4, -0.2) is 42.4 Å². The first-order chi connectivity index (χ1) is 9.87. The highest BCUT2D eigenvalue weighted by Crippen LogP contribution is 2.34. The predicted octanol–water partition coefficient (Wildman–Crippen LogP) is 3.76. The predicted molar refractivity (Wildman–Crippen MR) is 82.8 cm³/mol. The number of hydrogen-bond acceptors (Lipinski definition) is 3. The third kappa shape index (κ3) is 5.50. The molecule has 22 heavy (non-hydrogen) atoms. The molecule has 0 bridgehead atoms. The second-order valence-corrected chi connectivity index (χ2v) is 5.57. The molecule has 0 aromatic heterocycles. The van der Waals surface area contributed by atoms with Crippen molar-refractivity contribution < 1.29 is 18.3 Å². The van der Waals surface area contributed by atoms with Gasteiger partial charge in [-0.2, -0.15) is 13.2 Å². The lowest BCUT2D eigenvalue weighted by Gasteiger charge is -2.35. The SMILES string of the molecule is Cl.Oc1ccc([C@H](CCC(F)(F)F)N2CCNCC2)cc1Cl. The summed E-state index contributed by atoms with van der Waals surface area (Å²) in [4.78, 5) is 2.03. The smallest absolute Gasteiger partial charge is 0.389 e. The number of piperazine rings is 1. The van der Waals surface area contributed by atoms with Crippen molar-refractivity contribution in [2.45, 2.75) is 25.1 Å². The number of aromatic hydroxyl groups is 1. The molecular formula is C14H19Cl2F3N2O. The normalized spacial score (nSPS) is 17.8. The molecule has 1 aromatic carbocycles. The average molecular weight is 359 g/mol. The summed E-state index contributed by atoms with van der Waals surface area (Å²) in [5.41, 5.74) is 0.712. The van der Waals surface area contributed by atoms with Crippen molar-refractivity contribution in [1.29, 1.82) is 0 Å². The van der Waals surface area contributed by atoms with Gasteiger partial charge >= 0.3 is 6.18 Å². The molecule has 1 saturated heterocycles. The van der Waals surface area contributed by atoms with Crippen LogP contribution in [0.3, 0.4) is 0 Å². The van der Waals surface area contributed by atoms with Crippen molar-refractivity contribution >= 4 is 24.0 Å². The molecule has 8 heteroatoms. The number of phenolic OH excluding ortho intramolecular Hbond substituents is 1. The van der Waals surface area contributed by atoms with Gasteiger partial charge < -0.3 is 10.4 Å². The maximum absolute atomic E-state index is 12.5. The highest BCUT2D eigenvalue weighted by atomic mass is 35.5. The molecule has 0 amide bonds. The molecule has 1 aromatic rings. The first-order valence-electron chi connectivity index (χ1n) is 6.87. The van der Waals surface area contributed by atoms with Gasteiger partial charge in [0.15, 0.2) is 0 Å². The average Bonchev–Trinajstić information content (AvgIpc) is 2.43. The first-order valence-corrected chi connectivity index (χ1v) is 7.24. The number of alkyl halides is 3. The topological polar surface area (TPSA) is 35.5 Å². The largest absolute Gasteiger partial charge is 0.506 e. The molecule has 1 heterocycles. The molecule has 0 radical (unpaired) electrons. The molecule has 0 saturated carbocycles. The zero-order chi connectivity index (χ0) is 15.5. The summed E-state index contributed by atoms with van der Waals surface area (Å²) in [6.07, 6.45) is -5.02. The summed E-state index contributed by atoms with van der Waals surface area (Å²) >= 11 is 5.88. The van der Waals surface area contributed by atoms with E-state index in [1.54, 1.807) is 12.1 Å². The van der Waals surface area contributed by atoms with Crippen molar-refractivity contribution in [3.8, 4) is 5.75 Å². The van der Waals surface area contributed by atoms with E-state index in [-0.39, 0.29) is 35.6 Å². The van der Waals surface area contributed by atoms with Gasteiger partial charge in [-0.25, -0.2) is 0 Å². The van der Waals surface area contributed by atoms with Crippen LogP contribution >= 0.6 is 24.0 Å². The Balaban J connectivity index is 0.00000242. The van der Waals surface area contributed by atoms with E-state index in [1.807, 2.05) is 4.90 Å². The van der Waals surface area contributed by atoms with Crippen LogP contribution in [0.25, 0.3) is 0 Å². The molecule has 0 spiro atoms. The van der Waals surface area contributed by atoms with Crippen molar-refractivity contribution in [2.75, 3.05) is 26.2 Å². The summed E-state index contributed by atoms with van der Waals surface area (Å²) in [5, 5.41) is 12.8. The lowest BCUT2D eigenvalue weighted by Crippen LogP contribution is -2.45. The Bertz CT molecular complexity index is 480. The van der Waals surface area contributed by atoms with Crippen LogP contribution in [0.15, 0.2) is 18.2 Å². The minimum Gasteiger partial charge on any atom is -0.506 e. The van der Waals surface area contributed by atoms with Crippen LogP contribution in [0.5, 0.6) is 5.75 Å².